The Bertz CT molecular complexity index is 2800. The Morgan fingerprint density at radius 2 is 1.19 bits per heavy atom. The van der Waals surface area contributed by atoms with E-state index in [9.17, 15) is 22.8 Å². The van der Waals surface area contributed by atoms with Gasteiger partial charge in [0.1, 0.15) is 24.5 Å². The zero-order valence-corrected chi connectivity index (χ0v) is 36.0. The molecule has 11 heteroatoms. The summed E-state index contributed by atoms with van der Waals surface area (Å²) in [6.45, 7) is 1.56. The Hall–Kier alpha value is -7.34. The number of esters is 2. The summed E-state index contributed by atoms with van der Waals surface area (Å²) in [6, 6.07) is 52.9. The third kappa shape index (κ3) is 10.8. The molecular formula is C52H46N2O8S. The Kier molecular flexibility index (Phi) is 13.9. The molecule has 0 heterocycles. The van der Waals surface area contributed by atoms with Crippen LogP contribution in [0.3, 0.4) is 0 Å². The SMILES string of the molecule is COC(=O)c1ccc(-c2ccc(CN(C(=O)CN(C)S(=O)(=O)c3ccc(C)cc3)c3ccc(C(=O)OCc4ccccc4)c(OCc4ccccc4)c3)cc2-c2ccccc2)cc1. The van der Waals surface area contributed by atoms with Crippen molar-refractivity contribution in [2.75, 3.05) is 25.6 Å². The third-order valence-electron chi connectivity index (χ3n) is 10.5. The summed E-state index contributed by atoms with van der Waals surface area (Å²) in [5.74, 6) is -1.39. The summed E-state index contributed by atoms with van der Waals surface area (Å²) in [5, 5.41) is 0. The van der Waals surface area contributed by atoms with Crippen molar-refractivity contribution < 1.29 is 37.0 Å². The van der Waals surface area contributed by atoms with Crippen molar-refractivity contribution in [2.24, 2.45) is 0 Å². The van der Waals surface area contributed by atoms with E-state index in [1.807, 2.05) is 128 Å². The second-order valence-electron chi connectivity index (χ2n) is 14.9. The lowest BCUT2D eigenvalue weighted by Crippen LogP contribution is -2.41. The molecule has 10 nitrogen and oxygen atoms in total. The molecule has 0 radical (unpaired) electrons. The van der Waals surface area contributed by atoms with E-state index in [0.717, 1.165) is 48.8 Å². The first kappa shape index (κ1) is 43.7. The molecule has 0 atom stereocenters. The number of carbonyl (C=O) groups excluding carboxylic acids is 3. The first-order chi connectivity index (χ1) is 30.5. The first-order valence-electron chi connectivity index (χ1n) is 20.2. The number of methoxy groups -OCH3 is 1. The highest BCUT2D eigenvalue weighted by Crippen LogP contribution is 2.35. The topological polar surface area (TPSA) is 120 Å². The van der Waals surface area contributed by atoms with E-state index in [2.05, 4.69) is 0 Å². The van der Waals surface area contributed by atoms with Crippen molar-refractivity contribution in [3.05, 3.63) is 209 Å². The minimum atomic E-state index is -4.05. The Balaban J connectivity index is 1.28. The second kappa shape index (κ2) is 20.0. The number of ether oxygens (including phenoxy) is 3. The van der Waals surface area contributed by atoms with E-state index in [1.54, 1.807) is 42.5 Å². The van der Waals surface area contributed by atoms with E-state index < -0.39 is 34.4 Å². The van der Waals surface area contributed by atoms with Gasteiger partial charge in [0.15, 0.2) is 0 Å². The van der Waals surface area contributed by atoms with Crippen molar-refractivity contribution in [1.82, 2.24) is 4.31 Å². The van der Waals surface area contributed by atoms with Gasteiger partial charge in [-0.05, 0) is 88.3 Å². The van der Waals surface area contributed by atoms with Gasteiger partial charge < -0.3 is 19.1 Å². The summed E-state index contributed by atoms with van der Waals surface area (Å²) in [4.78, 5) is 42.1. The summed E-state index contributed by atoms with van der Waals surface area (Å²) < 4.78 is 45.5. The summed E-state index contributed by atoms with van der Waals surface area (Å²) in [6.07, 6.45) is 0. The van der Waals surface area contributed by atoms with Crippen molar-refractivity contribution in [1.29, 1.82) is 0 Å². The van der Waals surface area contributed by atoms with Gasteiger partial charge in [0, 0.05) is 18.8 Å². The molecule has 0 aliphatic carbocycles. The molecular weight excluding hydrogens is 813 g/mol. The number of nitrogens with zero attached hydrogens (tertiary/aromatic N) is 2. The van der Waals surface area contributed by atoms with Gasteiger partial charge in [0.2, 0.25) is 15.9 Å². The molecule has 7 aromatic carbocycles. The van der Waals surface area contributed by atoms with E-state index in [-0.39, 0.29) is 36.0 Å². The molecule has 7 rings (SSSR count). The lowest BCUT2D eigenvalue weighted by atomic mass is 9.92. The van der Waals surface area contributed by atoms with Crippen LogP contribution in [0.5, 0.6) is 5.75 Å². The van der Waals surface area contributed by atoms with Crippen LogP contribution in [-0.4, -0.2) is 51.3 Å². The van der Waals surface area contributed by atoms with Crippen LogP contribution in [0.25, 0.3) is 22.3 Å². The van der Waals surface area contributed by atoms with Gasteiger partial charge in [-0.2, -0.15) is 4.31 Å². The molecule has 0 bridgehead atoms. The Morgan fingerprint density at radius 1 is 0.587 bits per heavy atom. The Labute approximate surface area is 368 Å². The standard InChI is InChI=1S/C52H46N2O8S/c1-37-19-27-45(28-20-37)63(58,59)53(2)34-50(55)54(33-40-21-29-46(48(31-40)41-17-11-6-12-18-41)42-22-24-43(25-23-42)51(56)60-3)44-26-30-47(52(57)62-36-39-15-9-5-10-16-39)49(32-44)61-35-38-13-7-4-8-14-38/h4-32H,33-36H2,1-3H3. The van der Waals surface area contributed by atoms with Crippen molar-refractivity contribution in [3.8, 4) is 28.0 Å². The average molecular weight is 859 g/mol. The van der Waals surface area contributed by atoms with Crippen LogP contribution in [0, 0.1) is 6.92 Å². The number of sulfonamides is 1. The van der Waals surface area contributed by atoms with Crippen molar-refractivity contribution in [2.45, 2.75) is 31.6 Å². The molecule has 0 saturated carbocycles. The van der Waals surface area contributed by atoms with Gasteiger partial charge in [-0.1, -0.05) is 133 Å². The molecule has 0 aliphatic heterocycles. The number of anilines is 1. The molecule has 0 aromatic heterocycles. The zero-order valence-electron chi connectivity index (χ0n) is 35.1. The second-order valence-corrected chi connectivity index (χ2v) is 16.9. The Morgan fingerprint density at radius 3 is 1.83 bits per heavy atom. The number of carbonyl (C=O) groups is 3. The lowest BCUT2D eigenvalue weighted by molar-refractivity contribution is -0.118. The smallest absolute Gasteiger partial charge is 0.342 e. The molecule has 0 N–H and O–H groups in total. The summed E-state index contributed by atoms with van der Waals surface area (Å²) in [5.41, 5.74) is 7.79. The van der Waals surface area contributed by atoms with Gasteiger partial charge >= 0.3 is 11.9 Å². The summed E-state index contributed by atoms with van der Waals surface area (Å²) in [7, 11) is -1.34. The molecule has 0 aliphatic rings. The fourth-order valence-electron chi connectivity index (χ4n) is 6.96. The molecule has 63 heavy (non-hydrogen) atoms. The first-order valence-corrected chi connectivity index (χ1v) is 21.7. The van der Waals surface area contributed by atoms with Crippen LogP contribution in [-0.2, 0) is 44.1 Å². The largest absolute Gasteiger partial charge is 0.488 e. The molecule has 0 saturated heterocycles. The predicted molar refractivity (Wildman–Crippen MR) is 244 cm³/mol. The number of hydrogen-bond acceptors (Lipinski definition) is 8. The molecule has 7 aromatic rings. The molecule has 1 amide bonds. The summed E-state index contributed by atoms with van der Waals surface area (Å²) >= 11 is 0. The number of rotatable bonds is 16. The van der Waals surface area contributed by atoms with Crippen LogP contribution in [0.2, 0.25) is 0 Å². The highest BCUT2D eigenvalue weighted by molar-refractivity contribution is 7.89. The minimum Gasteiger partial charge on any atom is -0.488 e. The van der Waals surface area contributed by atoms with Crippen molar-refractivity contribution in [3.63, 3.8) is 0 Å². The van der Waals surface area contributed by atoms with Crippen LogP contribution < -0.4 is 9.64 Å². The maximum atomic E-state index is 14.7. The van der Waals surface area contributed by atoms with E-state index in [1.165, 1.54) is 31.2 Å². The number of amides is 1. The number of benzene rings is 7. The fourth-order valence-corrected chi connectivity index (χ4v) is 8.08. The number of hydrogen-bond donors (Lipinski definition) is 0. The maximum absolute atomic E-state index is 14.7. The zero-order chi connectivity index (χ0) is 44.3. The minimum absolute atomic E-state index is 0.0224. The average Bonchev–Trinajstić information content (AvgIpc) is 3.32. The molecule has 0 spiro atoms. The van der Waals surface area contributed by atoms with Gasteiger partial charge in [0.05, 0.1) is 30.7 Å². The van der Waals surface area contributed by atoms with Crippen molar-refractivity contribution >= 4 is 33.6 Å². The molecule has 0 unspecified atom stereocenters. The highest BCUT2D eigenvalue weighted by atomic mass is 32.2. The van der Waals surface area contributed by atoms with E-state index in [4.69, 9.17) is 14.2 Å². The number of aryl methyl sites for hydroxylation is 1. The monoisotopic (exact) mass is 858 g/mol. The quantitative estimate of drug-likeness (QED) is 0.0882. The van der Waals surface area contributed by atoms with Crippen LogP contribution >= 0.6 is 0 Å². The molecule has 318 valence electrons. The van der Waals surface area contributed by atoms with Gasteiger partial charge in [-0.3, -0.25) is 4.79 Å². The number of likely N-dealkylation sites (N-methyl/N-ethyl adjacent to an activating group) is 1. The van der Waals surface area contributed by atoms with Gasteiger partial charge in [-0.25, -0.2) is 18.0 Å². The normalized spacial score (nSPS) is 11.2. The van der Waals surface area contributed by atoms with Gasteiger partial charge in [-0.15, -0.1) is 0 Å². The maximum Gasteiger partial charge on any atom is 0.342 e. The van der Waals surface area contributed by atoms with E-state index >= 15 is 0 Å². The third-order valence-corrected chi connectivity index (χ3v) is 12.3. The lowest BCUT2D eigenvalue weighted by Gasteiger charge is -2.27. The predicted octanol–water partition coefficient (Wildman–Crippen LogP) is 9.91. The highest BCUT2D eigenvalue weighted by Gasteiger charge is 2.28. The van der Waals surface area contributed by atoms with Crippen LogP contribution in [0.15, 0.2) is 181 Å². The molecule has 0 fully saturated rings. The fraction of sp³-hybridized carbons (Fsp3) is 0.135. The van der Waals surface area contributed by atoms with E-state index in [0.29, 0.717) is 11.3 Å². The van der Waals surface area contributed by atoms with Crippen LogP contribution in [0.1, 0.15) is 43.0 Å². The van der Waals surface area contributed by atoms with Gasteiger partial charge in [0.25, 0.3) is 0 Å². The van der Waals surface area contributed by atoms with Crippen LogP contribution in [0.4, 0.5) is 5.69 Å².